The van der Waals surface area contributed by atoms with E-state index in [0.717, 1.165) is 24.1 Å². The highest BCUT2D eigenvalue weighted by Crippen LogP contribution is 2.40. The van der Waals surface area contributed by atoms with Gasteiger partial charge in [0.05, 0.1) is 4.88 Å². The first-order valence-electron chi connectivity index (χ1n) is 8.86. The van der Waals surface area contributed by atoms with E-state index in [0.29, 0.717) is 30.1 Å². The number of H-pyrrole nitrogens is 2. The van der Waals surface area contributed by atoms with Crippen LogP contribution < -0.4 is 11.0 Å². The van der Waals surface area contributed by atoms with Crippen molar-refractivity contribution in [1.82, 2.24) is 20.5 Å². The first-order valence-corrected chi connectivity index (χ1v) is 9.68. The van der Waals surface area contributed by atoms with Gasteiger partial charge in [0.2, 0.25) is 0 Å². The van der Waals surface area contributed by atoms with E-state index < -0.39 is 0 Å². The molecule has 0 aliphatic heterocycles. The normalized spacial score (nSPS) is 17.3. The van der Waals surface area contributed by atoms with Crippen LogP contribution in [0.15, 0.2) is 10.9 Å². The van der Waals surface area contributed by atoms with E-state index in [1.807, 2.05) is 0 Å². The standard InChI is InChI=1S/C18H26N4O2S/c1-18(2,3)12-6-7-13-11(9-12)10-14(25-13)16(23)19-8-4-5-15-20-17(24)22-21-15/h10,12H,4-9H2,1-3H3,(H,19,23)(H2,20,21,22,24)/t12-/m0/s1. The van der Waals surface area contributed by atoms with Crippen LogP contribution in [0.2, 0.25) is 0 Å². The van der Waals surface area contributed by atoms with Gasteiger partial charge in [0.1, 0.15) is 5.82 Å². The molecule has 25 heavy (non-hydrogen) atoms. The molecule has 0 aromatic carbocycles. The van der Waals surface area contributed by atoms with Gasteiger partial charge in [0, 0.05) is 17.8 Å². The summed E-state index contributed by atoms with van der Waals surface area (Å²) in [4.78, 5) is 28.1. The molecule has 2 aromatic rings. The van der Waals surface area contributed by atoms with Crippen molar-refractivity contribution in [3.63, 3.8) is 0 Å². The Kier molecular flexibility index (Phi) is 5.13. The average Bonchev–Trinajstić information content (AvgIpc) is 3.15. The second-order valence-electron chi connectivity index (χ2n) is 7.85. The Morgan fingerprint density at radius 2 is 2.24 bits per heavy atom. The fourth-order valence-electron chi connectivity index (χ4n) is 3.34. The number of nitrogens with one attached hydrogen (secondary N) is 3. The van der Waals surface area contributed by atoms with Crippen molar-refractivity contribution in [2.45, 2.75) is 52.9 Å². The number of hydrogen-bond donors (Lipinski definition) is 3. The van der Waals surface area contributed by atoms with E-state index >= 15 is 0 Å². The van der Waals surface area contributed by atoms with Gasteiger partial charge in [-0.2, -0.15) is 5.10 Å². The van der Waals surface area contributed by atoms with Crippen molar-refractivity contribution in [3.05, 3.63) is 37.7 Å². The first-order chi connectivity index (χ1) is 11.8. The lowest BCUT2D eigenvalue weighted by Gasteiger charge is -2.33. The zero-order valence-electron chi connectivity index (χ0n) is 15.1. The molecule has 136 valence electrons. The lowest BCUT2D eigenvalue weighted by molar-refractivity contribution is 0.0957. The Morgan fingerprint density at radius 3 is 2.92 bits per heavy atom. The van der Waals surface area contributed by atoms with Crippen molar-refractivity contribution in [2.75, 3.05) is 6.54 Å². The third kappa shape index (κ3) is 4.39. The van der Waals surface area contributed by atoms with Gasteiger partial charge < -0.3 is 5.32 Å². The minimum atomic E-state index is -0.295. The van der Waals surface area contributed by atoms with Gasteiger partial charge in [-0.05, 0) is 48.6 Å². The van der Waals surface area contributed by atoms with Crippen LogP contribution in [0.25, 0.3) is 0 Å². The highest BCUT2D eigenvalue weighted by molar-refractivity contribution is 7.14. The van der Waals surface area contributed by atoms with Crippen molar-refractivity contribution in [2.24, 2.45) is 11.3 Å². The Labute approximate surface area is 151 Å². The molecular formula is C18H26N4O2S. The maximum Gasteiger partial charge on any atom is 0.340 e. The summed E-state index contributed by atoms with van der Waals surface area (Å²) in [6, 6.07) is 2.08. The zero-order valence-corrected chi connectivity index (χ0v) is 15.9. The Hall–Kier alpha value is -1.89. The molecule has 6 nitrogen and oxygen atoms in total. The van der Waals surface area contributed by atoms with Gasteiger partial charge in [-0.25, -0.2) is 9.89 Å². The smallest absolute Gasteiger partial charge is 0.340 e. The van der Waals surface area contributed by atoms with E-state index in [9.17, 15) is 9.59 Å². The van der Waals surface area contributed by atoms with E-state index in [2.05, 4.69) is 47.3 Å². The lowest BCUT2D eigenvalue weighted by Crippen LogP contribution is -2.26. The van der Waals surface area contributed by atoms with Crippen LogP contribution in [-0.4, -0.2) is 27.6 Å². The van der Waals surface area contributed by atoms with Gasteiger partial charge in [-0.15, -0.1) is 11.3 Å². The van der Waals surface area contributed by atoms with Crippen molar-refractivity contribution in [1.29, 1.82) is 0 Å². The highest BCUT2D eigenvalue weighted by Gasteiger charge is 2.30. The van der Waals surface area contributed by atoms with Gasteiger partial charge in [0.15, 0.2) is 0 Å². The second-order valence-corrected chi connectivity index (χ2v) is 8.99. The quantitative estimate of drug-likeness (QED) is 0.714. The van der Waals surface area contributed by atoms with E-state index in [-0.39, 0.29) is 11.6 Å². The van der Waals surface area contributed by atoms with E-state index in [1.54, 1.807) is 11.3 Å². The molecule has 2 heterocycles. The molecule has 7 heteroatoms. The predicted molar refractivity (Wildman–Crippen MR) is 99.2 cm³/mol. The van der Waals surface area contributed by atoms with Gasteiger partial charge in [0.25, 0.3) is 5.91 Å². The van der Waals surface area contributed by atoms with Crippen LogP contribution in [0, 0.1) is 11.3 Å². The summed E-state index contributed by atoms with van der Waals surface area (Å²) in [5, 5.41) is 9.16. The third-order valence-corrected chi connectivity index (χ3v) is 6.19. The van der Waals surface area contributed by atoms with Crippen LogP contribution in [0.4, 0.5) is 0 Å². The van der Waals surface area contributed by atoms with Gasteiger partial charge in [-0.1, -0.05) is 20.8 Å². The molecule has 1 aliphatic rings. The van der Waals surface area contributed by atoms with Crippen LogP contribution in [0.3, 0.4) is 0 Å². The maximum absolute atomic E-state index is 12.4. The summed E-state index contributed by atoms with van der Waals surface area (Å²) >= 11 is 1.64. The number of amides is 1. The molecule has 0 unspecified atom stereocenters. The fraction of sp³-hybridized carbons (Fsp3) is 0.611. The van der Waals surface area contributed by atoms with E-state index in [1.165, 1.54) is 16.9 Å². The van der Waals surface area contributed by atoms with Crippen LogP contribution in [0.1, 0.15) is 59.5 Å². The number of aryl methyl sites for hydroxylation is 2. The average molecular weight is 362 g/mol. The number of thiophene rings is 1. The SMILES string of the molecule is CC(C)(C)[C@H]1CCc2sc(C(=O)NCCCc3n[nH]c(=O)[nH]3)cc2C1. The molecule has 0 saturated carbocycles. The highest BCUT2D eigenvalue weighted by atomic mass is 32.1. The van der Waals surface area contributed by atoms with Crippen LogP contribution >= 0.6 is 11.3 Å². The fourth-order valence-corrected chi connectivity index (χ4v) is 4.47. The van der Waals surface area contributed by atoms with E-state index in [4.69, 9.17) is 0 Å². The van der Waals surface area contributed by atoms with Gasteiger partial charge in [-0.3, -0.25) is 9.78 Å². The van der Waals surface area contributed by atoms with Crippen molar-refractivity contribution >= 4 is 17.2 Å². The van der Waals surface area contributed by atoms with Gasteiger partial charge >= 0.3 is 5.69 Å². The molecule has 1 atom stereocenters. The molecule has 0 saturated heterocycles. The molecule has 2 aromatic heterocycles. The summed E-state index contributed by atoms with van der Waals surface area (Å²) in [5.41, 5.74) is 1.38. The first kappa shape index (κ1) is 17.9. The molecule has 0 fully saturated rings. The topological polar surface area (TPSA) is 90.6 Å². The second kappa shape index (κ2) is 7.15. The number of hydrogen-bond acceptors (Lipinski definition) is 4. The lowest BCUT2D eigenvalue weighted by atomic mass is 9.72. The predicted octanol–water partition coefficient (Wildman–Crippen LogP) is 2.67. The summed E-state index contributed by atoms with van der Waals surface area (Å²) in [6.07, 6.45) is 4.74. The van der Waals surface area contributed by atoms with Crippen LogP contribution in [0.5, 0.6) is 0 Å². The number of rotatable bonds is 5. The Balaban J connectivity index is 1.52. The number of carbonyl (C=O) groups is 1. The minimum absolute atomic E-state index is 0.00206. The summed E-state index contributed by atoms with van der Waals surface area (Å²) in [6.45, 7) is 7.47. The summed E-state index contributed by atoms with van der Waals surface area (Å²) in [5.74, 6) is 1.31. The number of fused-ring (bicyclic) bond motifs is 1. The number of nitrogens with zero attached hydrogens (tertiary/aromatic N) is 1. The molecule has 3 N–H and O–H groups in total. The molecular weight excluding hydrogens is 336 g/mol. The number of carbonyl (C=O) groups excluding carboxylic acids is 1. The molecule has 0 spiro atoms. The number of aromatic amines is 2. The molecule has 1 amide bonds. The molecule has 3 rings (SSSR count). The molecule has 1 aliphatic carbocycles. The number of aromatic nitrogens is 3. The largest absolute Gasteiger partial charge is 0.351 e. The Morgan fingerprint density at radius 1 is 1.44 bits per heavy atom. The van der Waals surface area contributed by atoms with Crippen LogP contribution in [-0.2, 0) is 19.3 Å². The summed E-state index contributed by atoms with van der Waals surface area (Å²) in [7, 11) is 0. The van der Waals surface area contributed by atoms with Crippen molar-refractivity contribution in [3.8, 4) is 0 Å². The zero-order chi connectivity index (χ0) is 18.0. The molecule has 0 radical (unpaired) electrons. The minimum Gasteiger partial charge on any atom is -0.351 e. The molecule has 0 bridgehead atoms. The maximum atomic E-state index is 12.4. The third-order valence-electron chi connectivity index (χ3n) is 4.96. The van der Waals surface area contributed by atoms with Crippen molar-refractivity contribution < 1.29 is 4.79 Å². The monoisotopic (exact) mass is 362 g/mol. The summed E-state index contributed by atoms with van der Waals surface area (Å²) < 4.78 is 0. The Bertz CT molecular complexity index is 797.